The summed E-state index contributed by atoms with van der Waals surface area (Å²) < 4.78 is 0. The Morgan fingerprint density at radius 1 is 1.00 bits per heavy atom. The van der Waals surface area contributed by atoms with E-state index in [1.54, 1.807) is 29.2 Å². The molecule has 1 atom stereocenters. The number of nitrogens with one attached hydrogen (secondary N) is 1. The highest BCUT2D eigenvalue weighted by Gasteiger charge is 2.34. The molecule has 2 N–H and O–H groups in total. The quantitative estimate of drug-likeness (QED) is 0.701. The highest BCUT2D eigenvalue weighted by Crippen LogP contribution is 2.38. The average molecular weight is 365 g/mol. The van der Waals surface area contributed by atoms with Gasteiger partial charge in [-0.3, -0.25) is 4.79 Å². The predicted octanol–water partition coefficient (Wildman–Crippen LogP) is 4.81. The topological polar surface area (TPSA) is 52.6 Å². The van der Waals surface area contributed by atoms with Gasteiger partial charge in [0.05, 0.1) is 5.56 Å². The molecule has 1 amide bonds. The fourth-order valence-electron chi connectivity index (χ4n) is 3.23. The number of halogens is 1. The monoisotopic (exact) mass is 364 g/mol. The fraction of sp³-hybridized carbons (Fsp3) is 0.0952. The van der Waals surface area contributed by atoms with Gasteiger partial charge in [0.25, 0.3) is 5.91 Å². The molecule has 26 heavy (non-hydrogen) atoms. The van der Waals surface area contributed by atoms with Gasteiger partial charge >= 0.3 is 0 Å². The highest BCUT2D eigenvalue weighted by atomic mass is 35.5. The van der Waals surface area contributed by atoms with Crippen molar-refractivity contribution in [1.82, 2.24) is 4.90 Å². The zero-order valence-electron chi connectivity index (χ0n) is 13.9. The second kappa shape index (κ2) is 6.73. The Kier molecular flexibility index (Phi) is 4.27. The summed E-state index contributed by atoms with van der Waals surface area (Å²) in [4.78, 5) is 14.9. The molecule has 4 rings (SSSR count). The van der Waals surface area contributed by atoms with Crippen molar-refractivity contribution in [2.24, 2.45) is 0 Å². The Balaban J connectivity index is 1.81. The van der Waals surface area contributed by atoms with Gasteiger partial charge < -0.3 is 15.3 Å². The summed E-state index contributed by atoms with van der Waals surface area (Å²) in [5.74, 6) is 0.00437. The van der Waals surface area contributed by atoms with E-state index in [0.717, 1.165) is 11.3 Å². The third kappa shape index (κ3) is 3.00. The van der Waals surface area contributed by atoms with Gasteiger partial charge in [-0.15, -0.1) is 0 Å². The van der Waals surface area contributed by atoms with Gasteiger partial charge in [0.1, 0.15) is 11.9 Å². The second-order valence-electron chi connectivity index (χ2n) is 6.21. The molecule has 3 aromatic carbocycles. The number of carbonyl (C=O) groups is 1. The minimum Gasteiger partial charge on any atom is -0.508 e. The van der Waals surface area contributed by atoms with Gasteiger partial charge in [-0.1, -0.05) is 54.1 Å². The van der Waals surface area contributed by atoms with Crippen molar-refractivity contribution < 1.29 is 9.90 Å². The number of nitrogens with zero attached hydrogens (tertiary/aromatic N) is 1. The standard InChI is InChI=1S/C21H17ClN2O2/c22-15-10-11-19(25)17(12-15)20-23-18-9-5-4-8-16(18)21(26)24(20)13-14-6-2-1-3-7-14/h1-12,20,23,25H,13H2/t20-/m0/s1. The molecule has 4 nitrogen and oxygen atoms in total. The Morgan fingerprint density at radius 3 is 2.54 bits per heavy atom. The number of phenolic OH excluding ortho intramolecular Hbond substituents is 1. The second-order valence-corrected chi connectivity index (χ2v) is 6.65. The van der Waals surface area contributed by atoms with Gasteiger partial charge in [-0.25, -0.2) is 0 Å². The number of amides is 1. The smallest absolute Gasteiger partial charge is 0.258 e. The molecule has 0 aromatic heterocycles. The minimum absolute atomic E-state index is 0.0902. The number of anilines is 1. The zero-order valence-corrected chi connectivity index (χ0v) is 14.6. The first-order valence-corrected chi connectivity index (χ1v) is 8.70. The van der Waals surface area contributed by atoms with Crippen LogP contribution in [0.2, 0.25) is 5.02 Å². The molecule has 0 bridgehead atoms. The van der Waals surface area contributed by atoms with Crippen LogP contribution in [0.4, 0.5) is 5.69 Å². The first-order valence-electron chi connectivity index (χ1n) is 8.32. The van der Waals surface area contributed by atoms with Gasteiger partial charge in [0.2, 0.25) is 0 Å². The van der Waals surface area contributed by atoms with Crippen LogP contribution in [0.15, 0.2) is 72.8 Å². The zero-order chi connectivity index (χ0) is 18.1. The van der Waals surface area contributed by atoms with Crippen LogP contribution in [0.25, 0.3) is 0 Å². The summed E-state index contributed by atoms with van der Waals surface area (Å²) in [6, 6.07) is 22.0. The maximum absolute atomic E-state index is 13.2. The fourth-order valence-corrected chi connectivity index (χ4v) is 3.41. The van der Waals surface area contributed by atoms with Crippen molar-refractivity contribution in [3.8, 4) is 5.75 Å². The van der Waals surface area contributed by atoms with E-state index in [1.165, 1.54) is 0 Å². The average Bonchev–Trinajstić information content (AvgIpc) is 2.67. The maximum Gasteiger partial charge on any atom is 0.258 e. The molecule has 0 saturated heterocycles. The number of fused-ring (bicyclic) bond motifs is 1. The van der Waals surface area contributed by atoms with Gasteiger partial charge in [-0.2, -0.15) is 0 Å². The minimum atomic E-state index is -0.517. The number of hydrogen-bond acceptors (Lipinski definition) is 3. The SMILES string of the molecule is O=C1c2ccccc2N[C@H](c2cc(Cl)ccc2O)N1Cc1ccccc1. The van der Waals surface area contributed by atoms with Crippen LogP contribution >= 0.6 is 11.6 Å². The predicted molar refractivity (Wildman–Crippen MR) is 102 cm³/mol. The van der Waals surface area contributed by atoms with E-state index in [2.05, 4.69) is 5.32 Å². The van der Waals surface area contributed by atoms with Crippen LogP contribution in [0.3, 0.4) is 0 Å². The molecule has 1 aliphatic heterocycles. The number of rotatable bonds is 3. The van der Waals surface area contributed by atoms with Crippen molar-refractivity contribution in [3.63, 3.8) is 0 Å². The summed E-state index contributed by atoms with van der Waals surface area (Å²) in [5, 5.41) is 14.2. The van der Waals surface area contributed by atoms with Crippen LogP contribution in [-0.2, 0) is 6.54 Å². The van der Waals surface area contributed by atoms with E-state index in [4.69, 9.17) is 11.6 Å². The van der Waals surface area contributed by atoms with E-state index >= 15 is 0 Å². The van der Waals surface area contributed by atoms with Gasteiger partial charge in [-0.05, 0) is 35.9 Å². The van der Waals surface area contributed by atoms with Crippen molar-refractivity contribution in [2.45, 2.75) is 12.7 Å². The van der Waals surface area contributed by atoms with Crippen LogP contribution < -0.4 is 5.32 Å². The molecule has 130 valence electrons. The molecular formula is C21H17ClN2O2. The van der Waals surface area contributed by atoms with Crippen LogP contribution in [0.5, 0.6) is 5.75 Å². The third-order valence-corrected chi connectivity index (χ3v) is 4.74. The molecule has 0 fully saturated rings. The third-order valence-electron chi connectivity index (χ3n) is 4.50. The lowest BCUT2D eigenvalue weighted by atomic mass is 10.0. The first kappa shape index (κ1) is 16.5. The summed E-state index contributed by atoms with van der Waals surface area (Å²) in [7, 11) is 0. The lowest BCUT2D eigenvalue weighted by Gasteiger charge is -2.38. The molecule has 0 saturated carbocycles. The van der Waals surface area contributed by atoms with E-state index in [-0.39, 0.29) is 11.7 Å². The largest absolute Gasteiger partial charge is 0.508 e. The van der Waals surface area contributed by atoms with Crippen molar-refractivity contribution >= 4 is 23.2 Å². The van der Waals surface area contributed by atoms with Gasteiger partial charge in [0, 0.05) is 22.8 Å². The molecular weight excluding hydrogens is 348 g/mol. The summed E-state index contributed by atoms with van der Waals surface area (Å²) in [6.07, 6.45) is -0.517. The van der Waals surface area contributed by atoms with Crippen molar-refractivity contribution in [3.05, 3.63) is 94.5 Å². The summed E-state index contributed by atoms with van der Waals surface area (Å²) in [6.45, 7) is 0.414. The molecule has 0 aliphatic carbocycles. The van der Waals surface area contributed by atoms with E-state index in [1.807, 2.05) is 48.5 Å². The summed E-state index contributed by atoms with van der Waals surface area (Å²) in [5.41, 5.74) is 2.93. The first-order chi connectivity index (χ1) is 12.6. The van der Waals surface area contributed by atoms with E-state index in [0.29, 0.717) is 22.7 Å². The van der Waals surface area contributed by atoms with E-state index in [9.17, 15) is 9.90 Å². The number of hydrogen-bond donors (Lipinski definition) is 2. The van der Waals surface area contributed by atoms with Crippen molar-refractivity contribution in [1.29, 1.82) is 0 Å². The van der Waals surface area contributed by atoms with Gasteiger partial charge in [0.15, 0.2) is 0 Å². The Labute approximate surface area is 156 Å². The number of carbonyl (C=O) groups excluding carboxylic acids is 1. The van der Waals surface area contributed by atoms with Crippen LogP contribution in [0, 0.1) is 0 Å². The molecule has 3 aromatic rings. The molecule has 0 unspecified atom stereocenters. The lowest BCUT2D eigenvalue weighted by Crippen LogP contribution is -2.42. The molecule has 0 radical (unpaired) electrons. The molecule has 5 heteroatoms. The lowest BCUT2D eigenvalue weighted by molar-refractivity contribution is 0.0665. The van der Waals surface area contributed by atoms with Crippen LogP contribution in [0.1, 0.15) is 27.7 Å². The maximum atomic E-state index is 13.2. The Bertz CT molecular complexity index is 959. The van der Waals surface area contributed by atoms with Crippen LogP contribution in [-0.4, -0.2) is 15.9 Å². The number of aromatic hydroxyl groups is 1. The van der Waals surface area contributed by atoms with Crippen molar-refractivity contribution in [2.75, 3.05) is 5.32 Å². The normalized spacial score (nSPS) is 16.1. The number of benzene rings is 3. The molecule has 1 aliphatic rings. The summed E-state index contributed by atoms with van der Waals surface area (Å²) >= 11 is 6.14. The number of phenols is 1. The van der Waals surface area contributed by atoms with E-state index < -0.39 is 6.17 Å². The molecule has 0 spiro atoms. The number of para-hydroxylation sites is 1. The Morgan fingerprint density at radius 2 is 1.73 bits per heavy atom. The molecule has 1 heterocycles. The highest BCUT2D eigenvalue weighted by molar-refractivity contribution is 6.30. The Hall–Kier alpha value is -2.98.